The van der Waals surface area contributed by atoms with Crippen molar-refractivity contribution in [2.75, 3.05) is 13.7 Å². The van der Waals surface area contributed by atoms with E-state index in [0.717, 1.165) is 31.2 Å². The summed E-state index contributed by atoms with van der Waals surface area (Å²) < 4.78 is 18.3. The molecule has 23 heavy (non-hydrogen) atoms. The average Bonchev–Trinajstić information content (AvgIpc) is 3.04. The summed E-state index contributed by atoms with van der Waals surface area (Å²) >= 11 is 0. The van der Waals surface area contributed by atoms with Crippen LogP contribution in [0.4, 0.5) is 4.39 Å². The first-order chi connectivity index (χ1) is 11.2. The van der Waals surface area contributed by atoms with Crippen molar-refractivity contribution in [3.05, 3.63) is 36.0 Å². The van der Waals surface area contributed by atoms with Gasteiger partial charge >= 0.3 is 0 Å². The molecule has 6 heteroatoms. The van der Waals surface area contributed by atoms with Gasteiger partial charge in [-0.1, -0.05) is 5.16 Å². The van der Waals surface area contributed by atoms with E-state index in [1.807, 2.05) is 0 Å². The van der Waals surface area contributed by atoms with E-state index in [9.17, 15) is 9.50 Å². The van der Waals surface area contributed by atoms with E-state index in [4.69, 9.17) is 4.52 Å². The normalized spacial score (nSPS) is 21.7. The van der Waals surface area contributed by atoms with Crippen molar-refractivity contribution >= 4 is 0 Å². The number of aromatic nitrogens is 2. The molecule has 0 spiro atoms. The van der Waals surface area contributed by atoms with Gasteiger partial charge in [-0.2, -0.15) is 4.98 Å². The Morgan fingerprint density at radius 3 is 2.57 bits per heavy atom. The lowest BCUT2D eigenvalue weighted by molar-refractivity contribution is 0.116. The summed E-state index contributed by atoms with van der Waals surface area (Å²) in [6.45, 7) is 0.893. The highest BCUT2D eigenvalue weighted by Gasteiger charge is 2.24. The van der Waals surface area contributed by atoms with Gasteiger partial charge < -0.3 is 9.63 Å². The topological polar surface area (TPSA) is 62.4 Å². The maximum absolute atomic E-state index is 13.0. The number of rotatable bonds is 5. The van der Waals surface area contributed by atoms with Crippen LogP contribution < -0.4 is 0 Å². The fourth-order valence-electron chi connectivity index (χ4n) is 3.15. The first-order valence-electron chi connectivity index (χ1n) is 8.05. The van der Waals surface area contributed by atoms with Crippen LogP contribution in [0.5, 0.6) is 0 Å². The number of hydrogen-bond donors (Lipinski definition) is 1. The minimum Gasteiger partial charge on any atom is -0.396 e. The lowest BCUT2D eigenvalue weighted by atomic mass is 9.86. The van der Waals surface area contributed by atoms with E-state index in [0.29, 0.717) is 36.8 Å². The summed E-state index contributed by atoms with van der Waals surface area (Å²) in [5.74, 6) is 1.22. The largest absolute Gasteiger partial charge is 0.396 e. The molecule has 1 heterocycles. The maximum atomic E-state index is 13.0. The standard InChI is InChI=1S/C17H22FN3O2/c1-21(15-8-2-12(11-22)3-9-15)10-16-19-17(20-23-16)13-4-6-14(18)7-5-13/h4-7,12,15,22H,2-3,8-11H2,1H3. The molecule has 0 saturated heterocycles. The first kappa shape index (κ1) is 16.1. The van der Waals surface area contributed by atoms with E-state index >= 15 is 0 Å². The third-order valence-corrected chi connectivity index (χ3v) is 4.65. The van der Waals surface area contributed by atoms with Crippen LogP contribution in [0.2, 0.25) is 0 Å². The van der Waals surface area contributed by atoms with Gasteiger partial charge in [0.25, 0.3) is 0 Å². The second-order valence-electron chi connectivity index (χ2n) is 6.29. The second kappa shape index (κ2) is 7.19. The summed E-state index contributed by atoms with van der Waals surface area (Å²) in [6.07, 6.45) is 4.30. The molecule has 0 amide bonds. The zero-order valence-electron chi connectivity index (χ0n) is 13.3. The van der Waals surface area contributed by atoms with Gasteiger partial charge in [0.1, 0.15) is 5.82 Å². The summed E-state index contributed by atoms with van der Waals surface area (Å²) in [4.78, 5) is 6.63. The lowest BCUT2D eigenvalue weighted by Gasteiger charge is -2.33. The number of aliphatic hydroxyl groups is 1. The third-order valence-electron chi connectivity index (χ3n) is 4.65. The van der Waals surface area contributed by atoms with Crippen molar-refractivity contribution < 1.29 is 14.0 Å². The van der Waals surface area contributed by atoms with Gasteiger partial charge in [0, 0.05) is 18.2 Å². The van der Waals surface area contributed by atoms with Crippen molar-refractivity contribution in [1.82, 2.24) is 15.0 Å². The van der Waals surface area contributed by atoms with Crippen molar-refractivity contribution in [1.29, 1.82) is 0 Å². The Morgan fingerprint density at radius 2 is 1.91 bits per heavy atom. The highest BCUT2D eigenvalue weighted by atomic mass is 19.1. The molecule has 1 aliphatic carbocycles. The number of aliphatic hydroxyl groups excluding tert-OH is 1. The number of halogens is 1. The van der Waals surface area contributed by atoms with Crippen LogP contribution >= 0.6 is 0 Å². The molecule has 3 rings (SSSR count). The molecule has 0 unspecified atom stereocenters. The third kappa shape index (κ3) is 3.95. The van der Waals surface area contributed by atoms with Gasteiger partial charge in [0.2, 0.25) is 11.7 Å². The summed E-state index contributed by atoms with van der Waals surface area (Å²) in [5, 5.41) is 13.2. The van der Waals surface area contributed by atoms with Gasteiger partial charge in [-0.05, 0) is 62.9 Å². The first-order valence-corrected chi connectivity index (χ1v) is 8.05. The van der Waals surface area contributed by atoms with Crippen LogP contribution in [-0.2, 0) is 6.54 Å². The number of hydrogen-bond acceptors (Lipinski definition) is 5. The molecule has 2 aromatic rings. The Balaban J connectivity index is 1.59. The van der Waals surface area contributed by atoms with Crippen LogP contribution in [0.15, 0.2) is 28.8 Å². The summed E-state index contributed by atoms with van der Waals surface area (Å²) in [7, 11) is 2.06. The van der Waals surface area contributed by atoms with E-state index in [1.54, 1.807) is 12.1 Å². The Hall–Kier alpha value is -1.79. The predicted octanol–water partition coefficient (Wildman–Crippen LogP) is 2.86. The fraction of sp³-hybridized carbons (Fsp3) is 0.529. The maximum Gasteiger partial charge on any atom is 0.241 e. The molecule has 1 aliphatic rings. The zero-order valence-corrected chi connectivity index (χ0v) is 13.3. The predicted molar refractivity (Wildman–Crippen MR) is 84.0 cm³/mol. The fourth-order valence-corrected chi connectivity index (χ4v) is 3.15. The lowest BCUT2D eigenvalue weighted by Crippen LogP contribution is -2.35. The molecular formula is C17H22FN3O2. The second-order valence-corrected chi connectivity index (χ2v) is 6.29. The van der Waals surface area contributed by atoms with E-state index in [-0.39, 0.29) is 5.82 Å². The highest BCUT2D eigenvalue weighted by molar-refractivity contribution is 5.53. The summed E-state index contributed by atoms with van der Waals surface area (Å²) in [6, 6.07) is 6.54. The van der Waals surface area contributed by atoms with Crippen LogP contribution in [0, 0.1) is 11.7 Å². The molecule has 1 aromatic carbocycles. The number of benzene rings is 1. The molecule has 1 saturated carbocycles. The molecule has 1 N–H and O–H groups in total. The molecule has 0 bridgehead atoms. The zero-order chi connectivity index (χ0) is 16.2. The minimum atomic E-state index is -0.282. The Kier molecular flexibility index (Phi) is 5.03. The molecule has 5 nitrogen and oxygen atoms in total. The molecule has 0 aliphatic heterocycles. The molecule has 124 valence electrons. The van der Waals surface area contributed by atoms with Gasteiger partial charge in [0.05, 0.1) is 6.54 Å². The van der Waals surface area contributed by atoms with Crippen LogP contribution in [0.1, 0.15) is 31.6 Å². The Bertz CT molecular complexity index is 621. The van der Waals surface area contributed by atoms with Gasteiger partial charge in [-0.3, -0.25) is 4.90 Å². The molecule has 0 radical (unpaired) electrons. The van der Waals surface area contributed by atoms with Crippen LogP contribution in [-0.4, -0.2) is 39.8 Å². The molecule has 1 fully saturated rings. The SMILES string of the molecule is CN(Cc1nc(-c2ccc(F)cc2)no1)C1CCC(CO)CC1. The van der Waals surface area contributed by atoms with Crippen molar-refractivity contribution in [2.45, 2.75) is 38.3 Å². The molecule has 0 atom stereocenters. The minimum absolute atomic E-state index is 0.282. The van der Waals surface area contributed by atoms with Crippen molar-refractivity contribution in [3.8, 4) is 11.4 Å². The van der Waals surface area contributed by atoms with Gasteiger partial charge in [-0.25, -0.2) is 4.39 Å². The van der Waals surface area contributed by atoms with Gasteiger partial charge in [0.15, 0.2) is 0 Å². The quantitative estimate of drug-likeness (QED) is 0.918. The average molecular weight is 319 g/mol. The van der Waals surface area contributed by atoms with E-state index in [1.165, 1.54) is 12.1 Å². The smallest absolute Gasteiger partial charge is 0.241 e. The van der Waals surface area contributed by atoms with Gasteiger partial charge in [-0.15, -0.1) is 0 Å². The van der Waals surface area contributed by atoms with E-state index in [2.05, 4.69) is 22.1 Å². The van der Waals surface area contributed by atoms with Crippen molar-refractivity contribution in [3.63, 3.8) is 0 Å². The van der Waals surface area contributed by atoms with E-state index < -0.39 is 0 Å². The van der Waals surface area contributed by atoms with Crippen LogP contribution in [0.25, 0.3) is 11.4 Å². The number of nitrogens with zero attached hydrogens (tertiary/aromatic N) is 3. The molecule has 1 aromatic heterocycles. The molecular weight excluding hydrogens is 297 g/mol. The Labute approximate surface area is 135 Å². The summed E-state index contributed by atoms with van der Waals surface area (Å²) in [5.41, 5.74) is 0.743. The Morgan fingerprint density at radius 1 is 1.22 bits per heavy atom. The monoisotopic (exact) mass is 319 g/mol. The van der Waals surface area contributed by atoms with Crippen molar-refractivity contribution in [2.24, 2.45) is 5.92 Å². The highest BCUT2D eigenvalue weighted by Crippen LogP contribution is 2.27. The van der Waals surface area contributed by atoms with Crippen LogP contribution in [0.3, 0.4) is 0 Å².